The molecule has 14 nitrogen and oxygen atoms in total. The summed E-state index contributed by atoms with van der Waals surface area (Å²) in [6.45, 7) is 14.5. The highest BCUT2D eigenvalue weighted by atomic mass is 16.5. The number of likely N-dealkylation sites (N-methyl/N-ethyl adjacent to an activating group) is 2. The summed E-state index contributed by atoms with van der Waals surface area (Å²) < 4.78 is 12.0. The molecule has 1 saturated heterocycles. The third-order valence-corrected chi connectivity index (χ3v) is 13.0. The maximum Gasteiger partial charge on any atom is 0.335 e. The molecule has 3 rings (SSSR count). The molecule has 0 aliphatic carbocycles. The van der Waals surface area contributed by atoms with E-state index in [0.717, 1.165) is 11.1 Å². The Labute approximate surface area is 375 Å². The highest BCUT2D eigenvalue weighted by Crippen LogP contribution is 2.31. The monoisotopic (exact) mass is 879 g/mol. The van der Waals surface area contributed by atoms with Crippen molar-refractivity contribution >= 4 is 35.4 Å². The summed E-state index contributed by atoms with van der Waals surface area (Å²) in [5.74, 6) is -5.03. The lowest BCUT2D eigenvalue weighted by atomic mass is 9.85. The fraction of sp³-hybridized carbons (Fsp3) is 0.633. The number of hydrogen-bond acceptors (Lipinski definition) is 9. The van der Waals surface area contributed by atoms with Crippen molar-refractivity contribution in [2.45, 2.75) is 130 Å². The van der Waals surface area contributed by atoms with Gasteiger partial charge in [-0.25, -0.2) is 4.79 Å². The Morgan fingerprint density at radius 3 is 2.00 bits per heavy atom. The first kappa shape index (κ1) is 52.7. The van der Waals surface area contributed by atoms with Gasteiger partial charge in [0.25, 0.3) is 0 Å². The lowest BCUT2D eigenvalue weighted by Crippen LogP contribution is -2.60. The normalized spacial score (nSPS) is 18.0. The van der Waals surface area contributed by atoms with Crippen molar-refractivity contribution in [2.75, 3.05) is 41.4 Å². The molecule has 14 heteroatoms. The molecule has 1 unspecified atom stereocenters. The Balaban J connectivity index is 1.76. The first-order valence-corrected chi connectivity index (χ1v) is 22.5. The van der Waals surface area contributed by atoms with E-state index in [2.05, 4.69) is 5.32 Å². The number of ether oxygens (including phenoxy) is 2. The summed E-state index contributed by atoms with van der Waals surface area (Å²) in [4.78, 5) is 85.5. The van der Waals surface area contributed by atoms with Crippen molar-refractivity contribution in [3.63, 3.8) is 0 Å². The smallest absolute Gasteiger partial charge is 0.335 e. The van der Waals surface area contributed by atoms with Crippen LogP contribution in [0.15, 0.2) is 54.6 Å². The Morgan fingerprint density at radius 2 is 1.48 bits per heavy atom. The van der Waals surface area contributed by atoms with Crippen LogP contribution in [0.1, 0.15) is 102 Å². The number of Topliss-reactive ketones (excluding diaryl/α,β-unsaturated/α-hetero) is 1. The molecule has 0 aromatic heterocycles. The predicted octanol–water partition coefficient (Wildman–Crippen LogP) is 5.85. The highest BCUT2D eigenvalue weighted by Gasteiger charge is 2.43. The van der Waals surface area contributed by atoms with Gasteiger partial charge in [-0.1, -0.05) is 97.4 Å². The van der Waals surface area contributed by atoms with Crippen molar-refractivity contribution < 1.29 is 48.5 Å². The Morgan fingerprint density at radius 1 is 0.841 bits per heavy atom. The number of methoxy groups -OCH3 is 2. The first-order valence-electron chi connectivity index (χ1n) is 22.5. The van der Waals surface area contributed by atoms with E-state index < -0.39 is 60.1 Å². The molecule has 0 spiro atoms. The topological polar surface area (TPSA) is 183 Å². The van der Waals surface area contributed by atoms with Crippen molar-refractivity contribution in [3.05, 3.63) is 71.3 Å². The van der Waals surface area contributed by atoms with Crippen LogP contribution in [-0.4, -0.2) is 138 Å². The SMILES string of the molecule is CC[C@H](C)[C@@H]([C@@H](CC(=O)N1CCC[C@H]1[C@H](OC)[C@@H](C)C(=O)C[C@@H](Cc1ccccc1)C(=O)O)OC)N(C)C(=O)[C@@H](NC(=O)C(C(C)C)N(C)CCc1ccc(C(=O)O)cc1)C(C)C. The maximum atomic E-state index is 14.6. The number of rotatable bonds is 26. The summed E-state index contributed by atoms with van der Waals surface area (Å²) in [5, 5.41) is 22.3. The second kappa shape index (κ2) is 25.0. The summed E-state index contributed by atoms with van der Waals surface area (Å²) in [5.41, 5.74) is 1.99. The Bertz CT molecular complexity index is 1800. The van der Waals surface area contributed by atoms with Gasteiger partial charge in [0.05, 0.1) is 48.2 Å². The zero-order chi connectivity index (χ0) is 47.1. The van der Waals surface area contributed by atoms with E-state index in [0.29, 0.717) is 38.8 Å². The fourth-order valence-corrected chi connectivity index (χ4v) is 9.16. The van der Waals surface area contributed by atoms with E-state index in [1.165, 1.54) is 14.2 Å². The van der Waals surface area contributed by atoms with Crippen LogP contribution in [0.25, 0.3) is 0 Å². The van der Waals surface area contributed by atoms with E-state index in [-0.39, 0.29) is 66.1 Å². The third kappa shape index (κ3) is 14.4. The number of carboxylic acids is 2. The number of benzene rings is 2. The molecule has 3 amide bonds. The molecule has 0 radical (unpaired) electrons. The molecule has 3 N–H and O–H groups in total. The minimum absolute atomic E-state index is 0.0332. The molecular formula is C49H74N4O10. The van der Waals surface area contributed by atoms with Crippen LogP contribution in [-0.2, 0) is 46.3 Å². The number of nitrogens with one attached hydrogen (secondary N) is 1. The second-order valence-corrected chi connectivity index (χ2v) is 18.1. The van der Waals surface area contributed by atoms with E-state index in [1.807, 2.05) is 83.8 Å². The molecule has 0 bridgehead atoms. The fourth-order valence-electron chi connectivity index (χ4n) is 9.16. The summed E-state index contributed by atoms with van der Waals surface area (Å²) in [7, 11) is 6.62. The van der Waals surface area contributed by atoms with Crippen molar-refractivity contribution in [1.82, 2.24) is 20.0 Å². The zero-order valence-corrected chi connectivity index (χ0v) is 39.4. The Hall–Kier alpha value is -4.66. The molecule has 1 aliphatic heterocycles. The van der Waals surface area contributed by atoms with E-state index in [4.69, 9.17) is 9.47 Å². The molecule has 1 fully saturated rings. The van der Waals surface area contributed by atoms with Crippen LogP contribution < -0.4 is 5.32 Å². The average molecular weight is 879 g/mol. The molecular weight excluding hydrogens is 805 g/mol. The van der Waals surface area contributed by atoms with Crippen molar-refractivity contribution in [1.29, 1.82) is 0 Å². The molecule has 0 saturated carbocycles. The van der Waals surface area contributed by atoms with Gasteiger partial charge in [0, 0.05) is 46.7 Å². The molecule has 2 aromatic carbocycles. The molecule has 1 heterocycles. The van der Waals surface area contributed by atoms with Crippen LogP contribution in [0, 0.1) is 29.6 Å². The number of aromatic carboxylic acids is 1. The standard InChI is InChI=1S/C49H74N4O10/c1-12-32(6)44(52(9)47(57)42(30(2)3)50-46(56)43(31(4)5)51(8)26-24-34-20-22-36(23-21-34)48(58)59)40(62-10)29-41(55)53-25-16-19-38(53)45(63-11)33(7)39(54)28-37(49(60)61)27-35-17-14-13-15-18-35/h13-15,17-18,20-23,30-33,37-38,40,42-45H,12,16,19,24-29H2,1-11H3,(H,50,56)(H,58,59)(H,60,61)/t32-,33-,37+,38-,40+,42-,43?,44-,45+/m0/s1. The highest BCUT2D eigenvalue weighted by molar-refractivity contribution is 5.90. The van der Waals surface area contributed by atoms with Gasteiger partial charge in [-0.2, -0.15) is 0 Å². The van der Waals surface area contributed by atoms with E-state index >= 15 is 0 Å². The lowest BCUT2D eigenvalue weighted by Gasteiger charge is -2.41. The number of carbonyl (C=O) groups is 6. The number of carboxylic acid groups (broad SMARTS) is 2. The second-order valence-electron chi connectivity index (χ2n) is 18.1. The van der Waals surface area contributed by atoms with Gasteiger partial charge >= 0.3 is 11.9 Å². The van der Waals surface area contributed by atoms with Gasteiger partial charge in [-0.05, 0) is 73.7 Å². The Kier molecular flexibility index (Phi) is 20.9. The van der Waals surface area contributed by atoms with Gasteiger partial charge in [0.15, 0.2) is 0 Å². The third-order valence-electron chi connectivity index (χ3n) is 13.0. The quantitative estimate of drug-likeness (QED) is 0.103. The van der Waals surface area contributed by atoms with Crippen molar-refractivity contribution in [2.24, 2.45) is 29.6 Å². The number of nitrogens with zero attached hydrogens (tertiary/aromatic N) is 3. The maximum absolute atomic E-state index is 14.6. The molecule has 350 valence electrons. The number of amides is 3. The molecule has 9 atom stereocenters. The number of ketones is 1. The van der Waals surface area contributed by atoms with Crippen LogP contribution in [0.4, 0.5) is 0 Å². The number of likely N-dealkylation sites (tertiary alicyclic amines) is 1. The van der Waals surface area contributed by atoms with Gasteiger partial charge in [-0.3, -0.25) is 28.9 Å². The molecule has 1 aliphatic rings. The van der Waals surface area contributed by atoms with Crippen LogP contribution in [0.5, 0.6) is 0 Å². The summed E-state index contributed by atoms with van der Waals surface area (Å²) in [6, 6.07) is 13.6. The van der Waals surface area contributed by atoms with Gasteiger partial charge in [0.1, 0.15) is 11.8 Å². The molecule has 63 heavy (non-hydrogen) atoms. The number of hydrogen-bond donors (Lipinski definition) is 3. The van der Waals surface area contributed by atoms with Crippen LogP contribution in [0.2, 0.25) is 0 Å². The zero-order valence-electron chi connectivity index (χ0n) is 39.4. The van der Waals surface area contributed by atoms with Crippen molar-refractivity contribution in [3.8, 4) is 0 Å². The molecule has 2 aromatic rings. The van der Waals surface area contributed by atoms with E-state index in [1.54, 1.807) is 48.0 Å². The van der Waals surface area contributed by atoms with E-state index in [9.17, 15) is 39.0 Å². The number of carbonyl (C=O) groups excluding carboxylic acids is 4. The largest absolute Gasteiger partial charge is 0.481 e. The van der Waals surface area contributed by atoms with Crippen LogP contribution >= 0.6 is 0 Å². The minimum atomic E-state index is -1.04. The number of aliphatic carboxylic acids is 1. The first-order chi connectivity index (χ1) is 29.8. The lowest BCUT2D eigenvalue weighted by molar-refractivity contribution is -0.148. The van der Waals surface area contributed by atoms with Crippen LogP contribution in [0.3, 0.4) is 0 Å². The van der Waals surface area contributed by atoms with Gasteiger partial charge < -0.3 is 34.8 Å². The average Bonchev–Trinajstić information content (AvgIpc) is 3.74. The van der Waals surface area contributed by atoms with Gasteiger partial charge in [0.2, 0.25) is 17.7 Å². The summed E-state index contributed by atoms with van der Waals surface area (Å²) in [6.07, 6.45) is 1.29. The minimum Gasteiger partial charge on any atom is -0.481 e. The summed E-state index contributed by atoms with van der Waals surface area (Å²) >= 11 is 0. The van der Waals surface area contributed by atoms with Gasteiger partial charge in [-0.15, -0.1) is 0 Å². The predicted molar refractivity (Wildman–Crippen MR) is 242 cm³/mol.